The summed E-state index contributed by atoms with van der Waals surface area (Å²) in [6, 6.07) is 12.9. The summed E-state index contributed by atoms with van der Waals surface area (Å²) < 4.78 is 5.00. The molecule has 1 atom stereocenters. The van der Waals surface area contributed by atoms with Gasteiger partial charge in [0.05, 0.1) is 11.4 Å². The van der Waals surface area contributed by atoms with Crippen molar-refractivity contribution in [2.45, 2.75) is 45.6 Å². The Kier molecular flexibility index (Phi) is 5.58. The molecule has 0 bridgehead atoms. The third kappa shape index (κ3) is 3.75. The average Bonchev–Trinajstić information content (AvgIpc) is 3.42. The van der Waals surface area contributed by atoms with Crippen LogP contribution in [0.2, 0.25) is 0 Å². The van der Waals surface area contributed by atoms with E-state index in [4.69, 9.17) is 5.10 Å². The minimum atomic E-state index is -0.684. The minimum absolute atomic E-state index is 0.0526. The van der Waals surface area contributed by atoms with E-state index < -0.39 is 6.04 Å². The summed E-state index contributed by atoms with van der Waals surface area (Å²) in [5.74, 6) is 0.586. The van der Waals surface area contributed by atoms with Gasteiger partial charge >= 0.3 is 0 Å². The van der Waals surface area contributed by atoms with Gasteiger partial charge in [-0.3, -0.25) is 9.59 Å². The molecule has 4 aromatic rings. The summed E-state index contributed by atoms with van der Waals surface area (Å²) >= 11 is 0. The van der Waals surface area contributed by atoms with Gasteiger partial charge in [0, 0.05) is 25.5 Å². The van der Waals surface area contributed by atoms with Gasteiger partial charge in [0.1, 0.15) is 16.9 Å². The van der Waals surface area contributed by atoms with Crippen LogP contribution in [0.1, 0.15) is 44.3 Å². The van der Waals surface area contributed by atoms with E-state index in [2.05, 4.69) is 5.10 Å². The Bertz CT molecular complexity index is 1330. The van der Waals surface area contributed by atoms with Crippen molar-refractivity contribution in [2.24, 2.45) is 0 Å². The number of carbonyl (C=O) groups is 1. The number of aryl methyl sites for hydroxylation is 1. The SMILES string of the molecule is Cc1nn(C(C)C(=O)N2CCCCCC2)c(=O)c2c(-n3cccc3)n(-c3ccccc3)nc12. The van der Waals surface area contributed by atoms with Crippen LogP contribution >= 0.6 is 0 Å². The van der Waals surface area contributed by atoms with Crippen molar-refractivity contribution >= 4 is 16.8 Å². The number of benzene rings is 1. The summed E-state index contributed by atoms with van der Waals surface area (Å²) in [4.78, 5) is 29.0. The van der Waals surface area contributed by atoms with Gasteiger partial charge in [-0.2, -0.15) is 10.2 Å². The molecule has 0 N–H and O–H groups in total. The summed E-state index contributed by atoms with van der Waals surface area (Å²) in [5.41, 5.74) is 1.69. The molecular weight excluding hydrogens is 416 g/mol. The Labute approximate surface area is 192 Å². The molecule has 0 spiro atoms. The number of rotatable bonds is 4. The number of nitrogens with zero attached hydrogens (tertiary/aromatic N) is 6. The molecule has 170 valence electrons. The molecule has 1 unspecified atom stereocenters. The maximum Gasteiger partial charge on any atom is 0.280 e. The van der Waals surface area contributed by atoms with Gasteiger partial charge in [0.15, 0.2) is 5.82 Å². The summed E-state index contributed by atoms with van der Waals surface area (Å²) in [5, 5.41) is 9.77. The van der Waals surface area contributed by atoms with Crippen molar-refractivity contribution in [1.82, 2.24) is 29.0 Å². The molecule has 5 rings (SSSR count). The molecule has 8 nitrogen and oxygen atoms in total. The number of fused-ring (bicyclic) bond motifs is 1. The van der Waals surface area contributed by atoms with Gasteiger partial charge in [-0.1, -0.05) is 31.0 Å². The van der Waals surface area contributed by atoms with Crippen LogP contribution in [0.5, 0.6) is 0 Å². The van der Waals surface area contributed by atoms with Gasteiger partial charge < -0.3 is 9.47 Å². The lowest BCUT2D eigenvalue weighted by atomic mass is 10.2. The van der Waals surface area contributed by atoms with E-state index in [0.717, 1.165) is 44.5 Å². The number of hydrogen-bond acceptors (Lipinski definition) is 4. The first kappa shape index (κ1) is 21.2. The molecule has 0 saturated carbocycles. The Morgan fingerprint density at radius 1 is 0.939 bits per heavy atom. The van der Waals surface area contributed by atoms with E-state index in [1.807, 2.05) is 71.2 Å². The lowest BCUT2D eigenvalue weighted by molar-refractivity contribution is -0.134. The second-order valence-electron chi connectivity index (χ2n) is 8.64. The maximum absolute atomic E-state index is 13.8. The number of hydrogen-bond donors (Lipinski definition) is 0. The monoisotopic (exact) mass is 444 g/mol. The molecule has 1 fully saturated rings. The highest BCUT2D eigenvalue weighted by Gasteiger charge is 2.28. The lowest BCUT2D eigenvalue weighted by Gasteiger charge is -2.24. The molecule has 1 aliphatic heterocycles. The van der Waals surface area contributed by atoms with Gasteiger partial charge in [-0.25, -0.2) is 9.36 Å². The molecule has 1 aliphatic rings. The number of carbonyl (C=O) groups excluding carboxylic acids is 1. The fourth-order valence-electron chi connectivity index (χ4n) is 4.61. The number of amides is 1. The first-order valence-corrected chi connectivity index (χ1v) is 11.6. The molecule has 3 aromatic heterocycles. The molecule has 33 heavy (non-hydrogen) atoms. The molecule has 8 heteroatoms. The quantitative estimate of drug-likeness (QED) is 0.481. The van der Waals surface area contributed by atoms with Crippen LogP contribution in [0.25, 0.3) is 22.4 Å². The van der Waals surface area contributed by atoms with E-state index in [-0.39, 0.29) is 11.5 Å². The summed E-state index contributed by atoms with van der Waals surface area (Å²) in [7, 11) is 0. The van der Waals surface area contributed by atoms with Crippen LogP contribution in [0.3, 0.4) is 0 Å². The Hall–Kier alpha value is -3.68. The fraction of sp³-hybridized carbons (Fsp3) is 0.360. The van der Waals surface area contributed by atoms with Crippen molar-refractivity contribution in [3.05, 3.63) is 70.9 Å². The van der Waals surface area contributed by atoms with Crippen LogP contribution in [-0.2, 0) is 4.79 Å². The van der Waals surface area contributed by atoms with E-state index >= 15 is 0 Å². The zero-order valence-electron chi connectivity index (χ0n) is 19.0. The standard InChI is InChI=1S/C25H28N6O2/c1-18-22-21(23(28-14-10-11-15-28)31(27-22)20-12-6-5-7-13-20)25(33)30(26-18)19(2)24(32)29-16-8-3-4-9-17-29/h5-7,10-15,19H,3-4,8-9,16-17H2,1-2H3. The van der Waals surface area contributed by atoms with E-state index in [9.17, 15) is 9.59 Å². The van der Waals surface area contributed by atoms with Gasteiger partial charge in [-0.05, 0) is 51.0 Å². The maximum atomic E-state index is 13.8. The van der Waals surface area contributed by atoms with Crippen molar-refractivity contribution in [2.75, 3.05) is 13.1 Å². The van der Waals surface area contributed by atoms with Crippen LogP contribution in [-0.4, -0.2) is 48.0 Å². The molecule has 0 radical (unpaired) electrons. The number of para-hydroxylation sites is 1. The Morgan fingerprint density at radius 2 is 1.61 bits per heavy atom. The highest BCUT2D eigenvalue weighted by molar-refractivity contribution is 5.88. The highest BCUT2D eigenvalue weighted by atomic mass is 16.2. The van der Waals surface area contributed by atoms with Crippen molar-refractivity contribution in [3.63, 3.8) is 0 Å². The van der Waals surface area contributed by atoms with E-state index in [1.54, 1.807) is 11.6 Å². The van der Waals surface area contributed by atoms with Gasteiger partial charge in [0.2, 0.25) is 5.91 Å². The topological polar surface area (TPSA) is 78.0 Å². The zero-order chi connectivity index (χ0) is 22.9. The summed E-state index contributed by atoms with van der Waals surface area (Å²) in [6.07, 6.45) is 8.06. The number of aromatic nitrogens is 5. The lowest BCUT2D eigenvalue weighted by Crippen LogP contribution is -2.41. The van der Waals surface area contributed by atoms with Gasteiger partial charge in [0.25, 0.3) is 5.56 Å². The molecule has 1 amide bonds. The Morgan fingerprint density at radius 3 is 2.27 bits per heavy atom. The van der Waals surface area contributed by atoms with E-state index in [1.165, 1.54) is 4.68 Å². The van der Waals surface area contributed by atoms with Crippen molar-refractivity contribution < 1.29 is 4.79 Å². The molecule has 4 heterocycles. The average molecular weight is 445 g/mol. The minimum Gasteiger partial charge on any atom is -0.341 e. The molecular formula is C25H28N6O2. The smallest absolute Gasteiger partial charge is 0.280 e. The molecule has 1 saturated heterocycles. The van der Waals surface area contributed by atoms with Crippen molar-refractivity contribution in [1.29, 1.82) is 0 Å². The summed E-state index contributed by atoms with van der Waals surface area (Å²) in [6.45, 7) is 5.08. The largest absolute Gasteiger partial charge is 0.341 e. The predicted octanol–water partition coefficient (Wildman–Crippen LogP) is 3.64. The van der Waals surface area contributed by atoms with E-state index in [0.29, 0.717) is 22.4 Å². The second kappa shape index (κ2) is 8.69. The van der Waals surface area contributed by atoms with Crippen molar-refractivity contribution in [3.8, 4) is 11.5 Å². The second-order valence-corrected chi connectivity index (χ2v) is 8.64. The highest BCUT2D eigenvalue weighted by Crippen LogP contribution is 2.25. The fourth-order valence-corrected chi connectivity index (χ4v) is 4.61. The van der Waals surface area contributed by atoms with Crippen LogP contribution in [0, 0.1) is 6.92 Å². The molecule has 0 aliphatic carbocycles. The Balaban J connectivity index is 1.69. The zero-order valence-corrected chi connectivity index (χ0v) is 19.0. The third-order valence-corrected chi connectivity index (χ3v) is 6.38. The molecule has 1 aromatic carbocycles. The third-order valence-electron chi connectivity index (χ3n) is 6.38. The number of likely N-dealkylation sites (tertiary alicyclic amines) is 1. The van der Waals surface area contributed by atoms with Gasteiger partial charge in [-0.15, -0.1) is 0 Å². The first-order chi connectivity index (χ1) is 16.1. The van der Waals surface area contributed by atoms with Crippen LogP contribution in [0.4, 0.5) is 0 Å². The van der Waals surface area contributed by atoms with Crippen LogP contribution < -0.4 is 5.56 Å². The predicted molar refractivity (Wildman–Crippen MR) is 127 cm³/mol. The van der Waals surface area contributed by atoms with Crippen LogP contribution in [0.15, 0.2) is 59.7 Å². The first-order valence-electron chi connectivity index (χ1n) is 11.6. The normalized spacial score (nSPS) is 15.5.